The quantitative estimate of drug-likeness (QED) is 0.824. The number of aromatic amines is 1. The van der Waals surface area contributed by atoms with Crippen molar-refractivity contribution in [3.05, 3.63) is 12.0 Å². The zero-order valence-electron chi connectivity index (χ0n) is 9.85. The third kappa shape index (κ3) is 1.60. The predicted molar refractivity (Wildman–Crippen MR) is 64.3 cm³/mol. The van der Waals surface area contributed by atoms with Gasteiger partial charge in [0.05, 0.1) is 11.8 Å². The Morgan fingerprint density at radius 1 is 1.35 bits per heavy atom. The first-order valence-corrected chi connectivity index (χ1v) is 5.98. The summed E-state index contributed by atoms with van der Waals surface area (Å²) in [6.45, 7) is 1.99. The van der Waals surface area contributed by atoms with Crippen LogP contribution in [0.2, 0.25) is 0 Å². The fourth-order valence-electron chi connectivity index (χ4n) is 2.63. The Morgan fingerprint density at radius 3 is 2.76 bits per heavy atom. The van der Waals surface area contributed by atoms with Gasteiger partial charge in [0.1, 0.15) is 11.6 Å². The Labute approximate surface area is 99.2 Å². The summed E-state index contributed by atoms with van der Waals surface area (Å²) >= 11 is 0. The van der Waals surface area contributed by atoms with Crippen LogP contribution in [0.25, 0.3) is 11.4 Å². The minimum atomic E-state index is 0.509. The highest BCUT2D eigenvalue weighted by atomic mass is 15.3. The molecule has 90 valence electrons. The number of nitrogens with zero attached hydrogens (tertiary/aromatic N) is 4. The molecule has 0 spiro atoms. The van der Waals surface area contributed by atoms with Crippen molar-refractivity contribution in [2.45, 2.75) is 38.6 Å². The van der Waals surface area contributed by atoms with Crippen LogP contribution in [0.15, 0.2) is 6.20 Å². The second-order valence-electron chi connectivity index (χ2n) is 4.58. The molecule has 0 bridgehead atoms. The molecule has 0 saturated heterocycles. The van der Waals surface area contributed by atoms with E-state index in [0.717, 1.165) is 17.2 Å². The highest BCUT2D eigenvalue weighted by Gasteiger charge is 2.24. The van der Waals surface area contributed by atoms with Gasteiger partial charge in [0.15, 0.2) is 5.82 Å². The second kappa shape index (κ2) is 3.87. The Balaban J connectivity index is 2.08. The Kier molecular flexibility index (Phi) is 2.35. The van der Waals surface area contributed by atoms with Crippen molar-refractivity contribution < 1.29 is 0 Å². The number of aryl methyl sites for hydroxylation is 1. The minimum absolute atomic E-state index is 0.509. The first-order valence-electron chi connectivity index (χ1n) is 5.98. The zero-order valence-corrected chi connectivity index (χ0v) is 9.85. The molecule has 0 aliphatic heterocycles. The second-order valence-corrected chi connectivity index (χ2v) is 4.58. The van der Waals surface area contributed by atoms with E-state index in [4.69, 9.17) is 5.73 Å². The molecule has 3 N–H and O–H groups in total. The molecular weight excluding hydrogens is 216 g/mol. The minimum Gasteiger partial charge on any atom is -0.383 e. The van der Waals surface area contributed by atoms with Crippen LogP contribution in [0.3, 0.4) is 0 Å². The van der Waals surface area contributed by atoms with E-state index in [0.29, 0.717) is 11.9 Å². The molecule has 6 nitrogen and oxygen atoms in total. The number of aromatic nitrogens is 5. The van der Waals surface area contributed by atoms with E-state index in [1.54, 1.807) is 6.20 Å². The first kappa shape index (κ1) is 10.3. The summed E-state index contributed by atoms with van der Waals surface area (Å²) in [6, 6.07) is 0.509. The number of nitrogens with one attached hydrogen (secondary N) is 1. The van der Waals surface area contributed by atoms with E-state index in [-0.39, 0.29) is 0 Å². The van der Waals surface area contributed by atoms with E-state index in [1.165, 1.54) is 25.7 Å². The van der Waals surface area contributed by atoms with Gasteiger partial charge in [0.2, 0.25) is 0 Å². The molecule has 0 atom stereocenters. The van der Waals surface area contributed by atoms with Crippen LogP contribution in [-0.4, -0.2) is 25.0 Å². The van der Waals surface area contributed by atoms with Crippen LogP contribution in [0.4, 0.5) is 5.82 Å². The SMILES string of the molecule is Cc1nnc(-c2cn[nH]c2N)n1C1CCCC1. The molecule has 2 aromatic rings. The third-order valence-electron chi connectivity index (χ3n) is 3.47. The molecule has 2 aromatic heterocycles. The van der Waals surface area contributed by atoms with Gasteiger partial charge in [-0.15, -0.1) is 10.2 Å². The molecule has 0 unspecified atom stereocenters. The van der Waals surface area contributed by atoms with Crippen molar-refractivity contribution in [2.24, 2.45) is 0 Å². The van der Waals surface area contributed by atoms with Crippen LogP contribution in [0.1, 0.15) is 37.5 Å². The summed E-state index contributed by atoms with van der Waals surface area (Å²) in [7, 11) is 0. The monoisotopic (exact) mass is 232 g/mol. The lowest BCUT2D eigenvalue weighted by atomic mass is 10.2. The summed E-state index contributed by atoms with van der Waals surface area (Å²) in [5.74, 6) is 2.34. The average Bonchev–Trinajstić information content (AvgIpc) is 2.98. The topological polar surface area (TPSA) is 85.4 Å². The van der Waals surface area contributed by atoms with Gasteiger partial charge in [0, 0.05) is 6.04 Å². The molecule has 0 radical (unpaired) electrons. The maximum Gasteiger partial charge on any atom is 0.169 e. The number of hydrogen-bond acceptors (Lipinski definition) is 4. The van der Waals surface area contributed by atoms with E-state index >= 15 is 0 Å². The normalized spacial score (nSPS) is 16.8. The van der Waals surface area contributed by atoms with Crippen LogP contribution in [0.5, 0.6) is 0 Å². The van der Waals surface area contributed by atoms with Crippen LogP contribution in [0, 0.1) is 6.92 Å². The molecule has 1 aliphatic rings. The number of hydrogen-bond donors (Lipinski definition) is 2. The maximum atomic E-state index is 5.85. The Hall–Kier alpha value is -1.85. The zero-order chi connectivity index (χ0) is 11.8. The lowest BCUT2D eigenvalue weighted by Crippen LogP contribution is -2.09. The van der Waals surface area contributed by atoms with Gasteiger partial charge >= 0.3 is 0 Å². The van der Waals surface area contributed by atoms with Crippen molar-refractivity contribution in [1.29, 1.82) is 0 Å². The van der Waals surface area contributed by atoms with E-state index < -0.39 is 0 Å². The first-order chi connectivity index (χ1) is 8.27. The summed E-state index contributed by atoms with van der Waals surface area (Å²) in [4.78, 5) is 0. The van der Waals surface area contributed by atoms with Crippen LogP contribution >= 0.6 is 0 Å². The number of nitrogens with two attached hydrogens (primary N) is 1. The molecule has 0 aromatic carbocycles. The molecule has 2 heterocycles. The van der Waals surface area contributed by atoms with Crippen molar-refractivity contribution in [2.75, 3.05) is 5.73 Å². The average molecular weight is 232 g/mol. The van der Waals surface area contributed by atoms with Gasteiger partial charge in [0.25, 0.3) is 0 Å². The summed E-state index contributed by atoms with van der Waals surface area (Å²) in [6.07, 6.45) is 6.67. The van der Waals surface area contributed by atoms with E-state index in [1.807, 2.05) is 6.92 Å². The third-order valence-corrected chi connectivity index (χ3v) is 3.47. The Morgan fingerprint density at radius 2 is 2.12 bits per heavy atom. The Bertz CT molecular complexity index is 520. The molecular formula is C11H16N6. The molecule has 1 aliphatic carbocycles. The van der Waals surface area contributed by atoms with Gasteiger partial charge in [-0.05, 0) is 19.8 Å². The van der Waals surface area contributed by atoms with E-state index in [2.05, 4.69) is 25.0 Å². The number of rotatable bonds is 2. The van der Waals surface area contributed by atoms with Crippen molar-refractivity contribution in [1.82, 2.24) is 25.0 Å². The highest BCUT2D eigenvalue weighted by molar-refractivity contribution is 5.67. The van der Waals surface area contributed by atoms with Gasteiger partial charge in [-0.3, -0.25) is 5.10 Å². The molecule has 6 heteroatoms. The summed E-state index contributed by atoms with van der Waals surface area (Å²) in [5, 5.41) is 15.1. The molecule has 1 saturated carbocycles. The predicted octanol–water partition coefficient (Wildman–Crippen LogP) is 1.67. The lowest BCUT2D eigenvalue weighted by molar-refractivity contribution is 0.510. The lowest BCUT2D eigenvalue weighted by Gasteiger charge is -2.15. The maximum absolute atomic E-state index is 5.85. The van der Waals surface area contributed by atoms with Crippen LogP contribution in [-0.2, 0) is 0 Å². The van der Waals surface area contributed by atoms with Gasteiger partial charge in [-0.25, -0.2) is 0 Å². The standard InChI is InChI=1S/C11H16N6/c1-7-14-16-11(9-6-13-15-10(9)12)17(7)8-4-2-3-5-8/h6,8H,2-5H2,1H3,(H3,12,13,15). The molecule has 17 heavy (non-hydrogen) atoms. The summed E-state index contributed by atoms with van der Waals surface area (Å²) in [5.41, 5.74) is 6.70. The van der Waals surface area contributed by atoms with Crippen molar-refractivity contribution >= 4 is 5.82 Å². The number of nitrogen functional groups attached to an aromatic ring is 1. The van der Waals surface area contributed by atoms with Gasteiger partial charge < -0.3 is 10.3 Å². The molecule has 0 amide bonds. The molecule has 1 fully saturated rings. The fraction of sp³-hybridized carbons (Fsp3) is 0.545. The smallest absolute Gasteiger partial charge is 0.169 e. The van der Waals surface area contributed by atoms with E-state index in [9.17, 15) is 0 Å². The van der Waals surface area contributed by atoms with Gasteiger partial charge in [-0.1, -0.05) is 12.8 Å². The summed E-state index contributed by atoms with van der Waals surface area (Å²) < 4.78 is 2.20. The van der Waals surface area contributed by atoms with Crippen molar-refractivity contribution in [3.63, 3.8) is 0 Å². The largest absolute Gasteiger partial charge is 0.383 e. The van der Waals surface area contributed by atoms with Crippen LogP contribution < -0.4 is 5.73 Å². The van der Waals surface area contributed by atoms with Gasteiger partial charge in [-0.2, -0.15) is 5.10 Å². The highest BCUT2D eigenvalue weighted by Crippen LogP contribution is 2.34. The van der Waals surface area contributed by atoms with Crippen molar-refractivity contribution in [3.8, 4) is 11.4 Å². The molecule has 3 rings (SSSR count). The number of anilines is 1. The fourth-order valence-corrected chi connectivity index (χ4v) is 2.63. The number of H-pyrrole nitrogens is 1.